The average molecular weight is 156 g/mol. The van der Waals surface area contributed by atoms with E-state index in [9.17, 15) is 5.11 Å². The molecule has 1 unspecified atom stereocenters. The molecule has 0 heterocycles. The Balaban J connectivity index is 3.72. The number of hydrogen-bond donors (Lipinski definition) is 1. The molecule has 66 valence electrons. The minimum Gasteiger partial charge on any atom is -0.393 e. The van der Waals surface area contributed by atoms with Gasteiger partial charge in [0.2, 0.25) is 0 Å². The minimum absolute atomic E-state index is 0.161. The second-order valence-corrected chi connectivity index (χ2v) is 3.52. The van der Waals surface area contributed by atoms with E-state index >= 15 is 0 Å². The van der Waals surface area contributed by atoms with Gasteiger partial charge in [-0.1, -0.05) is 32.9 Å². The van der Waals surface area contributed by atoms with Crippen LogP contribution in [0.15, 0.2) is 12.2 Å². The minimum atomic E-state index is -0.161. The predicted octanol–water partition coefficient (Wildman–Crippen LogP) is 2.61. The molecule has 1 nitrogen and oxygen atoms in total. The van der Waals surface area contributed by atoms with Crippen molar-refractivity contribution in [2.45, 2.75) is 40.2 Å². The summed E-state index contributed by atoms with van der Waals surface area (Å²) in [5, 5.41) is 9.59. The van der Waals surface area contributed by atoms with Crippen molar-refractivity contribution in [1.82, 2.24) is 0 Å². The van der Waals surface area contributed by atoms with Crippen molar-refractivity contribution < 1.29 is 5.11 Å². The zero-order valence-electron chi connectivity index (χ0n) is 8.04. The van der Waals surface area contributed by atoms with Crippen molar-refractivity contribution in [3.8, 4) is 0 Å². The normalized spacial score (nSPS) is 17.6. The quantitative estimate of drug-likeness (QED) is 0.620. The first-order valence-electron chi connectivity index (χ1n) is 4.38. The van der Waals surface area contributed by atoms with E-state index in [1.165, 1.54) is 0 Å². The van der Waals surface area contributed by atoms with Crippen LogP contribution in [0, 0.1) is 11.8 Å². The molecule has 0 bridgehead atoms. The molecule has 0 saturated carbocycles. The zero-order valence-corrected chi connectivity index (χ0v) is 8.04. The fourth-order valence-electron chi connectivity index (χ4n) is 1.15. The van der Waals surface area contributed by atoms with Crippen LogP contribution in [0.25, 0.3) is 0 Å². The highest BCUT2D eigenvalue weighted by Gasteiger charge is 2.15. The van der Waals surface area contributed by atoms with Crippen LogP contribution < -0.4 is 0 Å². The van der Waals surface area contributed by atoms with Crippen molar-refractivity contribution in [2.75, 3.05) is 0 Å². The van der Waals surface area contributed by atoms with E-state index in [2.05, 4.69) is 26.8 Å². The van der Waals surface area contributed by atoms with E-state index < -0.39 is 0 Å². The molecule has 1 heteroatoms. The Morgan fingerprint density at radius 2 is 1.82 bits per heavy atom. The lowest BCUT2D eigenvalue weighted by Gasteiger charge is -2.20. The molecule has 0 aromatic rings. The Labute approximate surface area is 70.1 Å². The standard InChI is InChI=1S/C10H20O/c1-5-6-7-9(4)10(11)8(2)3/h5-6,8-11H,7H2,1-4H3/b6-5+/t9-,10?/m1/s1. The molecular formula is C10H20O. The molecule has 0 spiro atoms. The second-order valence-electron chi connectivity index (χ2n) is 3.52. The van der Waals surface area contributed by atoms with E-state index in [-0.39, 0.29) is 6.10 Å². The zero-order chi connectivity index (χ0) is 8.85. The van der Waals surface area contributed by atoms with Crippen LogP contribution in [0.4, 0.5) is 0 Å². The molecule has 0 radical (unpaired) electrons. The predicted molar refractivity (Wildman–Crippen MR) is 49.4 cm³/mol. The topological polar surface area (TPSA) is 20.2 Å². The van der Waals surface area contributed by atoms with Gasteiger partial charge in [0.25, 0.3) is 0 Å². The first-order valence-corrected chi connectivity index (χ1v) is 4.38. The number of aliphatic hydroxyl groups excluding tert-OH is 1. The summed E-state index contributed by atoms with van der Waals surface area (Å²) in [6.07, 6.45) is 4.96. The van der Waals surface area contributed by atoms with Crippen molar-refractivity contribution >= 4 is 0 Å². The van der Waals surface area contributed by atoms with Gasteiger partial charge in [-0.3, -0.25) is 0 Å². The highest BCUT2D eigenvalue weighted by atomic mass is 16.3. The SMILES string of the molecule is C/C=C/C[C@@H](C)C(O)C(C)C. The second kappa shape index (κ2) is 5.36. The summed E-state index contributed by atoms with van der Waals surface area (Å²) in [6, 6.07) is 0. The van der Waals surface area contributed by atoms with Crippen molar-refractivity contribution in [1.29, 1.82) is 0 Å². The van der Waals surface area contributed by atoms with Crippen molar-refractivity contribution in [2.24, 2.45) is 11.8 Å². The maximum Gasteiger partial charge on any atom is 0.0591 e. The number of aliphatic hydroxyl groups is 1. The van der Waals surface area contributed by atoms with E-state index in [4.69, 9.17) is 0 Å². The smallest absolute Gasteiger partial charge is 0.0591 e. The van der Waals surface area contributed by atoms with Crippen molar-refractivity contribution in [3.63, 3.8) is 0 Å². The lowest BCUT2D eigenvalue weighted by molar-refractivity contribution is 0.0735. The summed E-state index contributed by atoms with van der Waals surface area (Å²) in [7, 11) is 0. The molecule has 0 fully saturated rings. The molecule has 0 aromatic heterocycles. The molecular weight excluding hydrogens is 136 g/mol. The monoisotopic (exact) mass is 156 g/mol. The summed E-state index contributed by atoms with van der Waals surface area (Å²) in [5.41, 5.74) is 0. The molecule has 1 N–H and O–H groups in total. The van der Waals surface area contributed by atoms with Crippen molar-refractivity contribution in [3.05, 3.63) is 12.2 Å². The van der Waals surface area contributed by atoms with Gasteiger partial charge in [-0.15, -0.1) is 0 Å². The molecule has 2 atom stereocenters. The lowest BCUT2D eigenvalue weighted by atomic mass is 9.92. The number of hydrogen-bond acceptors (Lipinski definition) is 1. The van der Waals surface area contributed by atoms with E-state index in [0.717, 1.165) is 6.42 Å². The largest absolute Gasteiger partial charge is 0.393 e. The third-order valence-electron chi connectivity index (χ3n) is 2.01. The average Bonchev–Trinajstić information content (AvgIpc) is 1.98. The Morgan fingerprint density at radius 3 is 2.18 bits per heavy atom. The Bertz CT molecular complexity index is 116. The Hall–Kier alpha value is -0.300. The molecule has 0 aliphatic rings. The van der Waals surface area contributed by atoms with Gasteiger partial charge in [0.15, 0.2) is 0 Å². The van der Waals surface area contributed by atoms with Crippen LogP contribution in [0.5, 0.6) is 0 Å². The Kier molecular flexibility index (Phi) is 5.22. The van der Waals surface area contributed by atoms with E-state index in [1.54, 1.807) is 0 Å². The van der Waals surface area contributed by atoms with Gasteiger partial charge in [0.1, 0.15) is 0 Å². The van der Waals surface area contributed by atoms with Crippen LogP contribution >= 0.6 is 0 Å². The van der Waals surface area contributed by atoms with Gasteiger partial charge < -0.3 is 5.11 Å². The van der Waals surface area contributed by atoms with Crippen LogP contribution in [0.1, 0.15) is 34.1 Å². The fraction of sp³-hybridized carbons (Fsp3) is 0.800. The van der Waals surface area contributed by atoms with Crippen LogP contribution in [0.3, 0.4) is 0 Å². The van der Waals surface area contributed by atoms with Crippen LogP contribution in [-0.2, 0) is 0 Å². The summed E-state index contributed by atoms with van der Waals surface area (Å²) in [6.45, 7) is 8.20. The van der Waals surface area contributed by atoms with Gasteiger partial charge >= 0.3 is 0 Å². The van der Waals surface area contributed by atoms with Gasteiger partial charge in [0, 0.05) is 0 Å². The number of rotatable bonds is 4. The van der Waals surface area contributed by atoms with Gasteiger partial charge in [-0.05, 0) is 25.2 Å². The first kappa shape index (κ1) is 10.7. The molecule has 0 aliphatic heterocycles. The third-order valence-corrected chi connectivity index (χ3v) is 2.01. The van der Waals surface area contributed by atoms with Gasteiger partial charge in [-0.2, -0.15) is 0 Å². The highest BCUT2D eigenvalue weighted by Crippen LogP contribution is 2.15. The van der Waals surface area contributed by atoms with E-state index in [0.29, 0.717) is 11.8 Å². The highest BCUT2D eigenvalue weighted by molar-refractivity contribution is 4.82. The van der Waals surface area contributed by atoms with Gasteiger partial charge in [-0.25, -0.2) is 0 Å². The first-order chi connectivity index (χ1) is 5.09. The third kappa shape index (κ3) is 4.20. The summed E-state index contributed by atoms with van der Waals surface area (Å²) >= 11 is 0. The molecule has 0 aliphatic carbocycles. The van der Waals surface area contributed by atoms with Crippen LogP contribution in [-0.4, -0.2) is 11.2 Å². The fourth-order valence-corrected chi connectivity index (χ4v) is 1.15. The molecule has 0 amide bonds. The Morgan fingerprint density at radius 1 is 1.27 bits per heavy atom. The van der Waals surface area contributed by atoms with E-state index in [1.807, 2.05) is 13.0 Å². The summed E-state index contributed by atoms with van der Waals surface area (Å²) < 4.78 is 0. The summed E-state index contributed by atoms with van der Waals surface area (Å²) in [5.74, 6) is 0.751. The lowest BCUT2D eigenvalue weighted by Crippen LogP contribution is -2.23. The number of allylic oxidation sites excluding steroid dienone is 2. The molecule has 0 rings (SSSR count). The molecule has 11 heavy (non-hydrogen) atoms. The maximum atomic E-state index is 9.59. The summed E-state index contributed by atoms with van der Waals surface area (Å²) in [4.78, 5) is 0. The maximum absolute atomic E-state index is 9.59. The molecule has 0 aromatic carbocycles. The van der Waals surface area contributed by atoms with Gasteiger partial charge in [0.05, 0.1) is 6.10 Å². The molecule has 0 saturated heterocycles. The van der Waals surface area contributed by atoms with Crippen LogP contribution in [0.2, 0.25) is 0 Å².